The first-order chi connectivity index (χ1) is 15.9. The van der Waals surface area contributed by atoms with Gasteiger partial charge in [0.2, 0.25) is 5.91 Å². The van der Waals surface area contributed by atoms with Crippen molar-refractivity contribution < 1.29 is 24.2 Å². The van der Waals surface area contributed by atoms with E-state index in [2.05, 4.69) is 22.8 Å². The SMILES string of the molecule is CCC(C)C(NC(=O)C1(NC(=O)OCC2c3ccccc3-c3ccccc32)CCC1)C(=O)O. The highest BCUT2D eigenvalue weighted by Gasteiger charge is 2.47. The van der Waals surface area contributed by atoms with Crippen molar-refractivity contribution in [3.8, 4) is 11.1 Å². The zero-order chi connectivity index (χ0) is 23.6. The Bertz CT molecular complexity index is 1020. The van der Waals surface area contributed by atoms with Gasteiger partial charge in [0.15, 0.2) is 0 Å². The van der Waals surface area contributed by atoms with Crippen molar-refractivity contribution in [3.05, 3.63) is 59.7 Å². The molecule has 0 aromatic heterocycles. The Kier molecular flexibility index (Phi) is 6.40. The van der Waals surface area contributed by atoms with Crippen LogP contribution in [0.1, 0.15) is 56.6 Å². The van der Waals surface area contributed by atoms with E-state index in [0.717, 1.165) is 28.7 Å². The van der Waals surface area contributed by atoms with Gasteiger partial charge in [-0.15, -0.1) is 0 Å². The lowest BCUT2D eigenvalue weighted by Gasteiger charge is -2.41. The fraction of sp³-hybridized carbons (Fsp3) is 0.423. The van der Waals surface area contributed by atoms with Crippen LogP contribution in [0.15, 0.2) is 48.5 Å². The van der Waals surface area contributed by atoms with Crippen molar-refractivity contribution in [2.75, 3.05) is 6.61 Å². The molecule has 0 bridgehead atoms. The van der Waals surface area contributed by atoms with E-state index in [1.165, 1.54) is 0 Å². The van der Waals surface area contributed by atoms with Crippen LogP contribution < -0.4 is 10.6 Å². The van der Waals surface area contributed by atoms with E-state index >= 15 is 0 Å². The summed E-state index contributed by atoms with van der Waals surface area (Å²) in [4.78, 5) is 37.3. The minimum atomic E-state index is -1.12. The molecule has 0 spiro atoms. The highest BCUT2D eigenvalue weighted by atomic mass is 16.5. The molecule has 7 nitrogen and oxygen atoms in total. The first-order valence-corrected chi connectivity index (χ1v) is 11.5. The second-order valence-electron chi connectivity index (χ2n) is 9.06. The molecule has 3 N–H and O–H groups in total. The van der Waals surface area contributed by atoms with Gasteiger partial charge in [-0.05, 0) is 47.4 Å². The average Bonchev–Trinajstić information content (AvgIpc) is 3.11. The van der Waals surface area contributed by atoms with Gasteiger partial charge in [0.1, 0.15) is 18.2 Å². The Labute approximate surface area is 193 Å². The number of nitrogens with one attached hydrogen (secondary N) is 2. The van der Waals surface area contributed by atoms with Crippen molar-refractivity contribution in [2.45, 2.75) is 57.0 Å². The summed E-state index contributed by atoms with van der Waals surface area (Å²) in [6.07, 6.45) is 1.63. The molecule has 0 aliphatic heterocycles. The number of hydrogen-bond donors (Lipinski definition) is 3. The Balaban J connectivity index is 1.42. The first-order valence-electron chi connectivity index (χ1n) is 11.5. The summed E-state index contributed by atoms with van der Waals surface area (Å²) >= 11 is 0. The van der Waals surface area contributed by atoms with Gasteiger partial charge in [-0.3, -0.25) is 4.79 Å². The number of carboxylic acids is 1. The van der Waals surface area contributed by atoms with Crippen molar-refractivity contribution in [1.82, 2.24) is 10.6 Å². The Morgan fingerprint density at radius 3 is 2.12 bits per heavy atom. The summed E-state index contributed by atoms with van der Waals surface area (Å²) in [5, 5.41) is 14.9. The van der Waals surface area contributed by atoms with Crippen molar-refractivity contribution in [3.63, 3.8) is 0 Å². The van der Waals surface area contributed by atoms with Gasteiger partial charge in [0.05, 0.1) is 0 Å². The Hall–Kier alpha value is -3.35. The van der Waals surface area contributed by atoms with Gasteiger partial charge in [0, 0.05) is 5.92 Å². The summed E-state index contributed by atoms with van der Waals surface area (Å²) in [5.74, 6) is -1.84. The average molecular weight is 451 g/mol. The van der Waals surface area contributed by atoms with E-state index in [1.54, 1.807) is 6.92 Å². The van der Waals surface area contributed by atoms with Crippen LogP contribution >= 0.6 is 0 Å². The smallest absolute Gasteiger partial charge is 0.408 e. The molecular weight excluding hydrogens is 420 g/mol. The zero-order valence-electron chi connectivity index (χ0n) is 19.0. The third-order valence-corrected chi connectivity index (χ3v) is 7.09. The van der Waals surface area contributed by atoms with E-state index in [-0.39, 0.29) is 18.4 Å². The molecule has 2 unspecified atom stereocenters. The number of rotatable bonds is 8. The van der Waals surface area contributed by atoms with Crippen LogP contribution in [-0.4, -0.2) is 41.3 Å². The molecule has 4 rings (SSSR count). The number of fused-ring (bicyclic) bond motifs is 3. The highest BCUT2D eigenvalue weighted by Crippen LogP contribution is 2.44. The van der Waals surface area contributed by atoms with E-state index in [1.807, 2.05) is 43.3 Å². The fourth-order valence-electron chi connectivity index (χ4n) is 4.73. The number of carboxylic acid groups (broad SMARTS) is 1. The van der Waals surface area contributed by atoms with Crippen molar-refractivity contribution in [2.24, 2.45) is 5.92 Å². The number of alkyl carbamates (subject to hydrolysis) is 1. The molecule has 2 aliphatic rings. The largest absolute Gasteiger partial charge is 0.480 e. The van der Waals surface area contributed by atoms with Gasteiger partial charge in [-0.1, -0.05) is 68.8 Å². The van der Waals surface area contributed by atoms with Crippen LogP contribution in [0.3, 0.4) is 0 Å². The van der Waals surface area contributed by atoms with Crippen LogP contribution in [0.25, 0.3) is 11.1 Å². The highest BCUT2D eigenvalue weighted by molar-refractivity contribution is 5.93. The third kappa shape index (κ3) is 4.32. The van der Waals surface area contributed by atoms with Crippen LogP contribution in [0, 0.1) is 5.92 Å². The topological polar surface area (TPSA) is 105 Å². The molecule has 33 heavy (non-hydrogen) atoms. The second-order valence-corrected chi connectivity index (χ2v) is 9.06. The number of amides is 2. The standard InChI is InChI=1S/C26H30N2O5/c1-3-16(2)22(23(29)30)27-24(31)26(13-8-14-26)28-25(32)33-15-21-19-11-6-4-9-17(19)18-10-5-7-12-20(18)21/h4-7,9-12,16,21-22H,3,8,13-15H2,1-2H3,(H,27,31)(H,28,32)(H,29,30). The van der Waals surface area contributed by atoms with Crippen LogP contribution in [0.2, 0.25) is 0 Å². The maximum absolute atomic E-state index is 13.0. The maximum Gasteiger partial charge on any atom is 0.408 e. The molecule has 174 valence electrons. The molecule has 1 fully saturated rings. The predicted molar refractivity (Wildman–Crippen MR) is 124 cm³/mol. The van der Waals surface area contributed by atoms with Crippen molar-refractivity contribution >= 4 is 18.0 Å². The number of hydrogen-bond acceptors (Lipinski definition) is 4. The lowest BCUT2D eigenvalue weighted by atomic mass is 9.75. The second kappa shape index (κ2) is 9.25. The summed E-state index contributed by atoms with van der Waals surface area (Å²) in [5.41, 5.74) is 3.38. The molecule has 1 saturated carbocycles. The molecule has 7 heteroatoms. The Morgan fingerprint density at radius 1 is 1.06 bits per heavy atom. The van der Waals surface area contributed by atoms with E-state index in [0.29, 0.717) is 19.3 Å². The molecule has 2 aromatic rings. The summed E-state index contributed by atoms with van der Waals surface area (Å²) in [6, 6.07) is 15.2. The van der Waals surface area contributed by atoms with Crippen LogP contribution in [0.5, 0.6) is 0 Å². The lowest BCUT2D eigenvalue weighted by molar-refractivity contribution is -0.145. The summed E-state index contributed by atoms with van der Waals surface area (Å²) < 4.78 is 5.60. The van der Waals surface area contributed by atoms with E-state index in [4.69, 9.17) is 4.74 Å². The number of carbonyl (C=O) groups excluding carboxylic acids is 2. The Morgan fingerprint density at radius 2 is 1.64 bits per heavy atom. The van der Waals surface area contributed by atoms with Crippen LogP contribution in [-0.2, 0) is 14.3 Å². The molecule has 0 radical (unpaired) electrons. The zero-order valence-corrected chi connectivity index (χ0v) is 19.0. The minimum absolute atomic E-state index is 0.0730. The first kappa shape index (κ1) is 22.8. The quantitative estimate of drug-likeness (QED) is 0.563. The van der Waals surface area contributed by atoms with Crippen molar-refractivity contribution in [1.29, 1.82) is 0 Å². The van der Waals surface area contributed by atoms with Gasteiger partial charge in [-0.25, -0.2) is 9.59 Å². The molecular formula is C26H30N2O5. The third-order valence-electron chi connectivity index (χ3n) is 7.09. The normalized spacial score (nSPS) is 17.6. The number of aliphatic carboxylic acids is 1. The lowest BCUT2D eigenvalue weighted by Crippen LogP contribution is -2.65. The number of carbonyl (C=O) groups is 3. The molecule has 2 aromatic carbocycles. The maximum atomic E-state index is 13.0. The van der Waals surface area contributed by atoms with Gasteiger partial charge in [0.25, 0.3) is 0 Å². The molecule has 2 atom stereocenters. The number of benzene rings is 2. The predicted octanol–water partition coefficient (Wildman–Crippen LogP) is 4.06. The van der Waals surface area contributed by atoms with Gasteiger partial charge >= 0.3 is 12.1 Å². The molecule has 2 aliphatic carbocycles. The fourth-order valence-corrected chi connectivity index (χ4v) is 4.73. The van der Waals surface area contributed by atoms with E-state index < -0.39 is 29.6 Å². The molecule has 2 amide bonds. The molecule has 0 heterocycles. The summed E-state index contributed by atoms with van der Waals surface area (Å²) in [7, 11) is 0. The van der Waals surface area contributed by atoms with Gasteiger partial charge in [-0.2, -0.15) is 0 Å². The monoisotopic (exact) mass is 450 g/mol. The van der Waals surface area contributed by atoms with Crippen LogP contribution in [0.4, 0.5) is 4.79 Å². The molecule has 0 saturated heterocycles. The number of ether oxygens (including phenoxy) is 1. The minimum Gasteiger partial charge on any atom is -0.480 e. The summed E-state index contributed by atoms with van der Waals surface area (Å²) in [6.45, 7) is 3.81. The van der Waals surface area contributed by atoms with Gasteiger partial charge < -0.3 is 20.5 Å². The van der Waals surface area contributed by atoms with E-state index in [9.17, 15) is 19.5 Å².